The first-order chi connectivity index (χ1) is 3.63. The summed E-state index contributed by atoms with van der Waals surface area (Å²) in [6.45, 7) is 0. The average molecular weight is 134 g/mol. The van der Waals surface area contributed by atoms with Gasteiger partial charge in [0.1, 0.15) is 0 Å². The van der Waals surface area contributed by atoms with Crippen LogP contribution in [0.15, 0.2) is 0 Å². The molecule has 0 aromatic rings. The molecule has 0 rings (SSSR count). The molecule has 0 heterocycles. The van der Waals surface area contributed by atoms with Gasteiger partial charge in [0.25, 0.3) is 0 Å². The molecule has 0 aliphatic heterocycles. The van der Waals surface area contributed by atoms with E-state index in [1.807, 2.05) is 0 Å². The van der Waals surface area contributed by atoms with Crippen LogP contribution in [-0.4, -0.2) is 44.0 Å². The van der Waals surface area contributed by atoms with Gasteiger partial charge in [-0.2, -0.15) is 0 Å². The maximum atomic E-state index is 2.21. The van der Waals surface area contributed by atoms with Crippen molar-refractivity contribution in [2.24, 2.45) is 0 Å². The van der Waals surface area contributed by atoms with Crippen molar-refractivity contribution in [3.8, 4) is 0 Å². The van der Waals surface area contributed by atoms with Crippen LogP contribution in [0.3, 0.4) is 0 Å². The Morgan fingerprint density at radius 3 is 1.75 bits per heavy atom. The minimum Gasteiger partial charge on any atom is -0.304 e. The van der Waals surface area contributed by atoms with Crippen molar-refractivity contribution >= 4 is 8.73 Å². The summed E-state index contributed by atoms with van der Waals surface area (Å²) in [5.41, 5.74) is 0. The summed E-state index contributed by atoms with van der Waals surface area (Å²) in [5.74, 6) is 0. The van der Waals surface area contributed by atoms with Crippen molar-refractivity contribution in [2.75, 3.05) is 34.5 Å². The SMILES string of the molecule is CN(C)CPN(C)C. The van der Waals surface area contributed by atoms with Crippen LogP contribution < -0.4 is 0 Å². The second kappa shape index (κ2) is 4.25. The molecule has 0 aliphatic rings. The third-order valence-corrected chi connectivity index (χ3v) is 2.11. The van der Waals surface area contributed by atoms with Gasteiger partial charge in [-0.25, -0.2) is 0 Å². The predicted octanol–water partition coefficient (Wildman–Crippen LogP) is 0.661. The zero-order valence-corrected chi connectivity index (χ0v) is 7.10. The fraction of sp³-hybridized carbons (Fsp3) is 1.00. The van der Waals surface area contributed by atoms with Crippen molar-refractivity contribution in [3.63, 3.8) is 0 Å². The zero-order valence-electron chi connectivity index (χ0n) is 6.10. The first kappa shape index (κ1) is 8.35. The molecule has 1 unspecified atom stereocenters. The molecule has 0 fully saturated rings. The van der Waals surface area contributed by atoms with E-state index in [0.29, 0.717) is 0 Å². The fourth-order valence-corrected chi connectivity index (χ4v) is 0.849. The van der Waals surface area contributed by atoms with E-state index in [1.165, 1.54) is 6.29 Å². The molecule has 3 heteroatoms. The Bertz CT molecular complexity index is 46.4. The fourth-order valence-electron chi connectivity index (χ4n) is 0.283. The molecule has 0 bridgehead atoms. The van der Waals surface area contributed by atoms with Gasteiger partial charge in [-0.05, 0) is 36.9 Å². The van der Waals surface area contributed by atoms with Crippen molar-refractivity contribution in [2.45, 2.75) is 0 Å². The first-order valence-electron chi connectivity index (χ1n) is 2.68. The molecule has 2 nitrogen and oxygen atoms in total. The van der Waals surface area contributed by atoms with E-state index in [4.69, 9.17) is 0 Å². The monoisotopic (exact) mass is 134 g/mol. The molecular weight excluding hydrogens is 119 g/mol. The normalized spacial score (nSPS) is 12.8. The molecule has 8 heavy (non-hydrogen) atoms. The third kappa shape index (κ3) is 6.35. The van der Waals surface area contributed by atoms with Crippen LogP contribution >= 0.6 is 8.73 Å². The van der Waals surface area contributed by atoms with E-state index in [1.54, 1.807) is 0 Å². The lowest BCUT2D eigenvalue weighted by Gasteiger charge is -2.13. The van der Waals surface area contributed by atoms with E-state index in [2.05, 4.69) is 37.8 Å². The number of hydrogen-bond donors (Lipinski definition) is 0. The van der Waals surface area contributed by atoms with Crippen LogP contribution in [-0.2, 0) is 0 Å². The second-order valence-electron chi connectivity index (χ2n) is 2.29. The average Bonchev–Trinajstić information content (AvgIpc) is 1.61. The molecular formula is C5H15N2P. The van der Waals surface area contributed by atoms with Gasteiger partial charge in [-0.15, -0.1) is 0 Å². The molecule has 0 saturated carbocycles. The highest BCUT2D eigenvalue weighted by atomic mass is 31.1. The molecule has 1 atom stereocenters. The summed E-state index contributed by atoms with van der Waals surface area (Å²) in [6.07, 6.45) is 1.17. The van der Waals surface area contributed by atoms with E-state index in [-0.39, 0.29) is 0 Å². The predicted molar refractivity (Wildman–Crippen MR) is 40.6 cm³/mol. The van der Waals surface area contributed by atoms with Crippen molar-refractivity contribution < 1.29 is 0 Å². The summed E-state index contributed by atoms with van der Waals surface area (Å²) < 4.78 is 2.21. The molecule has 0 spiro atoms. The second-order valence-corrected chi connectivity index (χ2v) is 3.82. The molecule has 0 saturated heterocycles. The maximum Gasteiger partial charge on any atom is 0.0284 e. The summed E-state index contributed by atoms with van der Waals surface area (Å²) in [7, 11) is 9.31. The van der Waals surface area contributed by atoms with E-state index in [9.17, 15) is 0 Å². The summed E-state index contributed by atoms with van der Waals surface area (Å²) in [6, 6.07) is 0. The van der Waals surface area contributed by atoms with Crippen molar-refractivity contribution in [1.29, 1.82) is 0 Å². The Hall–Kier alpha value is 0.350. The highest BCUT2D eigenvalue weighted by Crippen LogP contribution is 2.11. The van der Waals surface area contributed by atoms with E-state index < -0.39 is 0 Å². The molecule has 0 N–H and O–H groups in total. The first-order valence-corrected chi connectivity index (χ1v) is 3.84. The van der Waals surface area contributed by atoms with Gasteiger partial charge in [-0.3, -0.25) is 4.67 Å². The number of nitrogens with zero attached hydrogens (tertiary/aromatic N) is 2. The minimum atomic E-state index is 0.928. The minimum absolute atomic E-state index is 0.928. The van der Waals surface area contributed by atoms with E-state index >= 15 is 0 Å². The molecule has 0 radical (unpaired) electrons. The van der Waals surface area contributed by atoms with Gasteiger partial charge in [0.15, 0.2) is 0 Å². The quantitative estimate of drug-likeness (QED) is 0.523. The lowest BCUT2D eigenvalue weighted by atomic mass is 11.0. The smallest absolute Gasteiger partial charge is 0.0284 e. The molecule has 0 amide bonds. The van der Waals surface area contributed by atoms with Crippen molar-refractivity contribution in [1.82, 2.24) is 9.57 Å². The van der Waals surface area contributed by atoms with Crippen LogP contribution in [0.4, 0.5) is 0 Å². The third-order valence-electron chi connectivity index (χ3n) is 0.703. The zero-order chi connectivity index (χ0) is 6.57. The van der Waals surface area contributed by atoms with Crippen LogP contribution in [0.5, 0.6) is 0 Å². The van der Waals surface area contributed by atoms with Crippen LogP contribution in [0.1, 0.15) is 0 Å². The van der Waals surface area contributed by atoms with Crippen LogP contribution in [0, 0.1) is 0 Å². The molecule has 0 aliphatic carbocycles. The molecule has 0 aromatic heterocycles. The Morgan fingerprint density at radius 2 is 1.62 bits per heavy atom. The summed E-state index contributed by atoms with van der Waals surface area (Å²) >= 11 is 0. The lowest BCUT2D eigenvalue weighted by molar-refractivity contribution is 0.475. The van der Waals surface area contributed by atoms with Gasteiger partial charge in [0.05, 0.1) is 0 Å². The van der Waals surface area contributed by atoms with E-state index in [0.717, 1.165) is 8.73 Å². The summed E-state index contributed by atoms with van der Waals surface area (Å²) in [5, 5.41) is 0. The molecule has 0 aromatic carbocycles. The van der Waals surface area contributed by atoms with Crippen LogP contribution in [0.25, 0.3) is 0 Å². The number of rotatable bonds is 3. The highest BCUT2D eigenvalue weighted by molar-refractivity contribution is 7.35. The van der Waals surface area contributed by atoms with Gasteiger partial charge in [-0.1, -0.05) is 0 Å². The Morgan fingerprint density at radius 1 is 1.12 bits per heavy atom. The van der Waals surface area contributed by atoms with Gasteiger partial charge in [0, 0.05) is 6.29 Å². The summed E-state index contributed by atoms with van der Waals surface area (Å²) in [4.78, 5) is 2.19. The topological polar surface area (TPSA) is 6.48 Å². The Balaban J connectivity index is 2.93. The van der Waals surface area contributed by atoms with Gasteiger partial charge < -0.3 is 4.90 Å². The van der Waals surface area contributed by atoms with Gasteiger partial charge in [0.2, 0.25) is 0 Å². The number of hydrogen-bond acceptors (Lipinski definition) is 2. The Kier molecular flexibility index (Phi) is 4.44. The maximum absolute atomic E-state index is 2.21. The lowest BCUT2D eigenvalue weighted by Crippen LogP contribution is -2.12. The van der Waals surface area contributed by atoms with Crippen LogP contribution in [0.2, 0.25) is 0 Å². The highest BCUT2D eigenvalue weighted by Gasteiger charge is 1.89. The van der Waals surface area contributed by atoms with Crippen molar-refractivity contribution in [3.05, 3.63) is 0 Å². The molecule has 50 valence electrons. The standard InChI is InChI=1S/C5H15N2P/c1-6(2)5-8-7(3)4/h8H,5H2,1-4H3. The largest absolute Gasteiger partial charge is 0.304 e. The van der Waals surface area contributed by atoms with Gasteiger partial charge >= 0.3 is 0 Å². The Labute approximate surface area is 53.7 Å².